The highest BCUT2D eigenvalue weighted by Gasteiger charge is 2.33. The molecular weight excluding hydrogens is 461 g/mol. The third kappa shape index (κ3) is 7.19. The molecule has 4 rings (SSSR count). The standard InChI is InChI=1S/C24H27F3N6O2/c25-24(26,27)35-21-6-2-1-5-20(21)33-15-13-32(14-16-33)12-4-3-7-22(34)30-19-10-8-18(9-11-19)23-28-17-29-31-23/h1-2,5-6,8-11,17H,3-4,7,12-16H2,(H,30,34)(H,28,29,31). The molecular formula is C24H27F3N6O2. The predicted octanol–water partition coefficient (Wildman–Crippen LogP) is 4.30. The highest BCUT2D eigenvalue weighted by molar-refractivity contribution is 5.90. The van der Waals surface area contributed by atoms with Gasteiger partial charge >= 0.3 is 6.36 Å². The first-order valence-corrected chi connectivity index (χ1v) is 11.4. The van der Waals surface area contributed by atoms with Crippen molar-refractivity contribution in [1.82, 2.24) is 20.1 Å². The molecule has 1 aliphatic rings. The van der Waals surface area contributed by atoms with Crippen LogP contribution in [-0.4, -0.2) is 65.1 Å². The van der Waals surface area contributed by atoms with E-state index >= 15 is 0 Å². The number of H-pyrrole nitrogens is 1. The fraction of sp³-hybridized carbons (Fsp3) is 0.375. The molecule has 1 saturated heterocycles. The van der Waals surface area contributed by atoms with Gasteiger partial charge in [0.2, 0.25) is 5.91 Å². The number of para-hydroxylation sites is 2. The molecule has 0 bridgehead atoms. The third-order valence-corrected chi connectivity index (χ3v) is 5.79. The molecule has 1 aliphatic heterocycles. The molecule has 0 unspecified atom stereocenters. The van der Waals surface area contributed by atoms with E-state index < -0.39 is 6.36 Å². The van der Waals surface area contributed by atoms with Gasteiger partial charge in [-0.2, -0.15) is 5.10 Å². The Kier molecular flexibility index (Phi) is 7.86. The summed E-state index contributed by atoms with van der Waals surface area (Å²) in [7, 11) is 0. The lowest BCUT2D eigenvalue weighted by Gasteiger charge is -2.36. The Bertz CT molecular complexity index is 1080. The predicted molar refractivity (Wildman–Crippen MR) is 126 cm³/mol. The van der Waals surface area contributed by atoms with Crippen LogP contribution in [0, 0.1) is 0 Å². The number of ether oxygens (including phenoxy) is 1. The van der Waals surface area contributed by atoms with Crippen molar-refractivity contribution < 1.29 is 22.7 Å². The first-order chi connectivity index (χ1) is 16.9. The van der Waals surface area contributed by atoms with Gasteiger partial charge in [-0.1, -0.05) is 12.1 Å². The minimum Gasteiger partial charge on any atom is -0.404 e. The van der Waals surface area contributed by atoms with Crippen LogP contribution in [0.1, 0.15) is 19.3 Å². The van der Waals surface area contributed by atoms with Gasteiger partial charge in [0.05, 0.1) is 5.69 Å². The summed E-state index contributed by atoms with van der Waals surface area (Å²) < 4.78 is 42.2. The number of nitrogens with one attached hydrogen (secondary N) is 2. The van der Waals surface area contributed by atoms with E-state index in [-0.39, 0.29) is 11.7 Å². The van der Waals surface area contributed by atoms with Crippen LogP contribution < -0.4 is 15.0 Å². The molecule has 1 fully saturated rings. The van der Waals surface area contributed by atoms with Crippen molar-refractivity contribution in [3.63, 3.8) is 0 Å². The molecule has 0 radical (unpaired) electrons. The largest absolute Gasteiger partial charge is 0.573 e. The van der Waals surface area contributed by atoms with Crippen LogP contribution in [-0.2, 0) is 4.79 Å². The number of anilines is 2. The van der Waals surface area contributed by atoms with Crippen LogP contribution in [0.2, 0.25) is 0 Å². The number of hydrogen-bond acceptors (Lipinski definition) is 6. The van der Waals surface area contributed by atoms with E-state index in [2.05, 4.69) is 30.1 Å². The van der Waals surface area contributed by atoms with Crippen molar-refractivity contribution in [2.75, 3.05) is 42.9 Å². The number of amides is 1. The molecule has 2 heterocycles. The molecule has 0 aliphatic carbocycles. The lowest BCUT2D eigenvalue weighted by molar-refractivity contribution is -0.274. The summed E-state index contributed by atoms with van der Waals surface area (Å²) in [4.78, 5) is 20.5. The second kappa shape index (κ2) is 11.2. The normalized spacial score (nSPS) is 14.7. The Labute approximate surface area is 201 Å². The highest BCUT2D eigenvalue weighted by atomic mass is 19.4. The van der Waals surface area contributed by atoms with Gasteiger partial charge < -0.3 is 15.0 Å². The quantitative estimate of drug-likeness (QED) is 0.437. The topological polar surface area (TPSA) is 86.4 Å². The second-order valence-electron chi connectivity index (χ2n) is 8.26. The summed E-state index contributed by atoms with van der Waals surface area (Å²) >= 11 is 0. The molecule has 2 N–H and O–H groups in total. The Hall–Kier alpha value is -3.60. The Balaban J connectivity index is 1.15. The molecule has 0 saturated carbocycles. The van der Waals surface area contributed by atoms with Crippen molar-refractivity contribution in [2.24, 2.45) is 0 Å². The summed E-state index contributed by atoms with van der Waals surface area (Å²) in [6, 6.07) is 13.6. The Morgan fingerprint density at radius 2 is 1.77 bits per heavy atom. The van der Waals surface area contributed by atoms with Gasteiger partial charge in [0, 0.05) is 43.9 Å². The molecule has 3 aromatic rings. The second-order valence-corrected chi connectivity index (χ2v) is 8.26. The van der Waals surface area contributed by atoms with Gasteiger partial charge in [-0.3, -0.25) is 14.8 Å². The van der Waals surface area contributed by atoms with E-state index in [1.54, 1.807) is 12.1 Å². The summed E-state index contributed by atoms with van der Waals surface area (Å²) in [5.41, 5.74) is 2.07. The van der Waals surface area contributed by atoms with E-state index in [1.165, 1.54) is 18.5 Å². The van der Waals surface area contributed by atoms with Gasteiger partial charge in [-0.25, -0.2) is 4.98 Å². The minimum atomic E-state index is -4.72. The van der Waals surface area contributed by atoms with Crippen LogP contribution in [0.25, 0.3) is 11.4 Å². The summed E-state index contributed by atoms with van der Waals surface area (Å²) in [6.45, 7) is 3.55. The van der Waals surface area contributed by atoms with E-state index in [0.717, 1.165) is 43.7 Å². The number of alkyl halides is 3. The molecule has 35 heavy (non-hydrogen) atoms. The van der Waals surface area contributed by atoms with Gasteiger partial charge in [0.1, 0.15) is 6.33 Å². The van der Waals surface area contributed by atoms with E-state index in [4.69, 9.17) is 0 Å². The summed E-state index contributed by atoms with van der Waals surface area (Å²) in [6.07, 6.45) is -1.23. The van der Waals surface area contributed by atoms with Crippen molar-refractivity contribution in [3.8, 4) is 17.1 Å². The van der Waals surface area contributed by atoms with E-state index in [0.29, 0.717) is 31.0 Å². The van der Waals surface area contributed by atoms with Crippen LogP contribution in [0.3, 0.4) is 0 Å². The Morgan fingerprint density at radius 1 is 1.03 bits per heavy atom. The molecule has 1 amide bonds. The maximum Gasteiger partial charge on any atom is 0.573 e. The first kappa shape index (κ1) is 24.5. The molecule has 1 aromatic heterocycles. The number of carbonyl (C=O) groups excluding carboxylic acids is 1. The zero-order valence-corrected chi connectivity index (χ0v) is 19.1. The number of halogens is 3. The molecule has 0 spiro atoms. The van der Waals surface area contributed by atoms with Crippen LogP contribution in [0.5, 0.6) is 5.75 Å². The monoisotopic (exact) mass is 488 g/mol. The average molecular weight is 489 g/mol. The van der Waals surface area contributed by atoms with Gasteiger partial charge in [-0.05, 0) is 55.8 Å². The molecule has 186 valence electrons. The first-order valence-electron chi connectivity index (χ1n) is 11.4. The SMILES string of the molecule is O=C(CCCCN1CCN(c2ccccc2OC(F)(F)F)CC1)Nc1ccc(-c2ncn[nH]2)cc1. The number of piperazine rings is 1. The maximum absolute atomic E-state index is 12.7. The fourth-order valence-electron chi connectivity index (χ4n) is 4.04. The number of unbranched alkanes of at least 4 members (excludes halogenated alkanes) is 1. The number of carbonyl (C=O) groups is 1. The number of benzene rings is 2. The lowest BCUT2D eigenvalue weighted by atomic mass is 10.1. The summed E-state index contributed by atoms with van der Waals surface area (Å²) in [5.74, 6) is 0.457. The lowest BCUT2D eigenvalue weighted by Crippen LogP contribution is -2.46. The van der Waals surface area contributed by atoms with Crippen molar-refractivity contribution >= 4 is 17.3 Å². The minimum absolute atomic E-state index is 0.0384. The molecule has 8 nitrogen and oxygen atoms in total. The highest BCUT2D eigenvalue weighted by Crippen LogP contribution is 2.33. The maximum atomic E-state index is 12.7. The number of hydrogen-bond donors (Lipinski definition) is 2. The summed E-state index contributed by atoms with van der Waals surface area (Å²) in [5, 5.41) is 9.52. The smallest absolute Gasteiger partial charge is 0.404 e. The molecule has 0 atom stereocenters. The van der Waals surface area contributed by atoms with Crippen molar-refractivity contribution in [1.29, 1.82) is 0 Å². The third-order valence-electron chi connectivity index (χ3n) is 5.79. The van der Waals surface area contributed by atoms with Crippen molar-refractivity contribution in [2.45, 2.75) is 25.6 Å². The van der Waals surface area contributed by atoms with Crippen molar-refractivity contribution in [3.05, 3.63) is 54.9 Å². The number of rotatable bonds is 9. The van der Waals surface area contributed by atoms with Crippen LogP contribution in [0.4, 0.5) is 24.5 Å². The zero-order chi connectivity index (χ0) is 24.7. The van der Waals surface area contributed by atoms with E-state index in [1.807, 2.05) is 29.2 Å². The van der Waals surface area contributed by atoms with Gasteiger partial charge in [0.15, 0.2) is 11.6 Å². The number of aromatic amines is 1. The fourth-order valence-corrected chi connectivity index (χ4v) is 4.04. The van der Waals surface area contributed by atoms with E-state index in [9.17, 15) is 18.0 Å². The average Bonchev–Trinajstić information content (AvgIpc) is 3.37. The Morgan fingerprint density at radius 3 is 2.46 bits per heavy atom. The zero-order valence-electron chi connectivity index (χ0n) is 19.1. The van der Waals surface area contributed by atoms with Gasteiger partial charge in [0.25, 0.3) is 0 Å². The van der Waals surface area contributed by atoms with Crippen LogP contribution in [0.15, 0.2) is 54.9 Å². The number of aromatic nitrogens is 3. The van der Waals surface area contributed by atoms with Gasteiger partial charge in [-0.15, -0.1) is 13.2 Å². The van der Waals surface area contributed by atoms with Crippen LogP contribution >= 0.6 is 0 Å². The number of nitrogens with zero attached hydrogens (tertiary/aromatic N) is 4. The molecule has 2 aromatic carbocycles. The molecule has 11 heteroatoms.